The van der Waals surface area contributed by atoms with Gasteiger partial charge in [-0.25, -0.2) is 0 Å². The first-order valence-electron chi connectivity index (χ1n) is 6.95. The van der Waals surface area contributed by atoms with E-state index in [2.05, 4.69) is 31.9 Å². The van der Waals surface area contributed by atoms with Crippen molar-refractivity contribution in [1.82, 2.24) is 4.90 Å². The second-order valence-electron chi connectivity index (χ2n) is 5.32. The van der Waals surface area contributed by atoms with E-state index in [9.17, 15) is 0 Å². The Bertz CT molecular complexity index is 423. The van der Waals surface area contributed by atoms with Crippen molar-refractivity contribution in [2.75, 3.05) is 26.9 Å². The summed E-state index contributed by atoms with van der Waals surface area (Å²) in [5.74, 6) is 2.32. The number of rotatable bonds is 6. The van der Waals surface area contributed by atoms with Gasteiger partial charge in [-0.1, -0.05) is 26.3 Å². The van der Waals surface area contributed by atoms with Crippen molar-refractivity contribution in [1.29, 1.82) is 0 Å². The first kappa shape index (κ1) is 14.2. The second kappa shape index (κ2) is 6.26. The fourth-order valence-corrected chi connectivity index (χ4v) is 2.44. The molecule has 1 heterocycles. The van der Waals surface area contributed by atoms with Gasteiger partial charge in [0.05, 0.1) is 0 Å². The van der Waals surface area contributed by atoms with Crippen LogP contribution in [0.15, 0.2) is 18.2 Å². The predicted molar refractivity (Wildman–Crippen MR) is 76.4 cm³/mol. The molecule has 1 aromatic rings. The van der Waals surface area contributed by atoms with Gasteiger partial charge in [-0.15, -0.1) is 0 Å². The highest BCUT2D eigenvalue weighted by atomic mass is 16.7. The quantitative estimate of drug-likeness (QED) is 0.857. The molecule has 0 fully saturated rings. The summed E-state index contributed by atoms with van der Waals surface area (Å²) in [6, 6.07) is 6.33. The van der Waals surface area contributed by atoms with Gasteiger partial charge >= 0.3 is 0 Å². The molecule has 1 aromatic carbocycles. The van der Waals surface area contributed by atoms with Gasteiger partial charge < -0.3 is 15.2 Å². The van der Waals surface area contributed by atoms with Crippen LogP contribution >= 0.6 is 0 Å². The Hall–Kier alpha value is -1.26. The van der Waals surface area contributed by atoms with Gasteiger partial charge in [-0.2, -0.15) is 0 Å². The summed E-state index contributed by atoms with van der Waals surface area (Å²) >= 11 is 0. The minimum Gasteiger partial charge on any atom is -0.454 e. The van der Waals surface area contributed by atoms with E-state index < -0.39 is 0 Å². The van der Waals surface area contributed by atoms with Gasteiger partial charge in [0, 0.05) is 19.1 Å². The SMILES string of the molecule is CCC(C)CN(C)C(CN)c1ccc2c(c1)OCO2. The molecule has 2 N–H and O–H groups in total. The van der Waals surface area contributed by atoms with Gasteiger partial charge in [0.15, 0.2) is 11.5 Å². The van der Waals surface area contributed by atoms with Crippen LogP contribution in [0.1, 0.15) is 31.9 Å². The zero-order valence-electron chi connectivity index (χ0n) is 12.1. The van der Waals surface area contributed by atoms with Gasteiger partial charge in [0.2, 0.25) is 6.79 Å². The van der Waals surface area contributed by atoms with Gasteiger partial charge in [0.25, 0.3) is 0 Å². The van der Waals surface area contributed by atoms with Gasteiger partial charge in [-0.05, 0) is 30.7 Å². The van der Waals surface area contributed by atoms with Crippen LogP contribution in [0.5, 0.6) is 11.5 Å². The van der Waals surface area contributed by atoms with E-state index in [1.807, 2.05) is 12.1 Å². The molecule has 0 saturated heterocycles. The molecule has 2 rings (SSSR count). The minimum absolute atomic E-state index is 0.225. The molecule has 19 heavy (non-hydrogen) atoms. The fraction of sp³-hybridized carbons (Fsp3) is 0.600. The molecule has 0 saturated carbocycles. The molecule has 0 bridgehead atoms. The van der Waals surface area contributed by atoms with E-state index in [0.717, 1.165) is 18.0 Å². The zero-order chi connectivity index (χ0) is 13.8. The van der Waals surface area contributed by atoms with Crippen molar-refractivity contribution in [3.05, 3.63) is 23.8 Å². The molecular formula is C15H24N2O2. The minimum atomic E-state index is 0.225. The highest BCUT2D eigenvalue weighted by Crippen LogP contribution is 2.35. The van der Waals surface area contributed by atoms with Crippen LogP contribution in [0, 0.1) is 5.92 Å². The van der Waals surface area contributed by atoms with E-state index in [1.165, 1.54) is 12.0 Å². The number of nitrogens with zero attached hydrogens (tertiary/aromatic N) is 1. The van der Waals surface area contributed by atoms with Crippen LogP contribution in [0.25, 0.3) is 0 Å². The first-order valence-corrected chi connectivity index (χ1v) is 6.95. The molecule has 1 aliphatic rings. The molecule has 4 nitrogen and oxygen atoms in total. The van der Waals surface area contributed by atoms with Crippen LogP contribution in [0.2, 0.25) is 0 Å². The van der Waals surface area contributed by atoms with Gasteiger partial charge in [-0.3, -0.25) is 4.90 Å². The number of hydrogen-bond acceptors (Lipinski definition) is 4. The lowest BCUT2D eigenvalue weighted by molar-refractivity contribution is 0.173. The summed E-state index contributed by atoms with van der Waals surface area (Å²) in [4.78, 5) is 2.33. The van der Waals surface area contributed by atoms with Crippen LogP contribution in [-0.4, -0.2) is 31.8 Å². The average molecular weight is 264 g/mol. The smallest absolute Gasteiger partial charge is 0.231 e. The van der Waals surface area contributed by atoms with E-state index in [1.54, 1.807) is 0 Å². The molecule has 0 aliphatic carbocycles. The topological polar surface area (TPSA) is 47.7 Å². The summed E-state index contributed by atoms with van der Waals surface area (Å²) < 4.78 is 10.8. The maximum atomic E-state index is 5.95. The predicted octanol–water partition coefficient (Wildman–Crippen LogP) is 2.39. The highest BCUT2D eigenvalue weighted by Gasteiger charge is 2.20. The fourth-order valence-electron chi connectivity index (χ4n) is 2.44. The summed E-state index contributed by atoms with van der Waals surface area (Å²) in [5.41, 5.74) is 7.15. The number of nitrogens with two attached hydrogens (primary N) is 1. The molecule has 4 heteroatoms. The van der Waals surface area contributed by atoms with E-state index in [0.29, 0.717) is 19.3 Å². The van der Waals surface area contributed by atoms with Crippen LogP contribution in [-0.2, 0) is 0 Å². The Morgan fingerprint density at radius 3 is 2.74 bits per heavy atom. The van der Waals surface area contributed by atoms with E-state index >= 15 is 0 Å². The summed E-state index contributed by atoms with van der Waals surface area (Å²) in [6.07, 6.45) is 1.18. The van der Waals surface area contributed by atoms with Crippen molar-refractivity contribution in [3.8, 4) is 11.5 Å². The number of ether oxygens (including phenoxy) is 2. The standard InChI is InChI=1S/C15H24N2O2/c1-4-11(2)9-17(3)13(8-16)12-5-6-14-15(7-12)19-10-18-14/h5-7,11,13H,4,8-10,16H2,1-3H3. The maximum Gasteiger partial charge on any atom is 0.231 e. The van der Waals surface area contributed by atoms with Crippen molar-refractivity contribution >= 4 is 0 Å². The van der Waals surface area contributed by atoms with Gasteiger partial charge in [0.1, 0.15) is 0 Å². The largest absolute Gasteiger partial charge is 0.454 e. The summed E-state index contributed by atoms with van der Waals surface area (Å²) in [6.45, 7) is 6.45. The average Bonchev–Trinajstić information content (AvgIpc) is 2.86. The number of likely N-dealkylation sites (N-methyl/N-ethyl adjacent to an activating group) is 1. The Labute approximate surface area is 115 Å². The monoisotopic (exact) mass is 264 g/mol. The Morgan fingerprint density at radius 2 is 2.05 bits per heavy atom. The number of hydrogen-bond donors (Lipinski definition) is 1. The van der Waals surface area contributed by atoms with Crippen LogP contribution < -0.4 is 15.2 Å². The van der Waals surface area contributed by atoms with Crippen molar-refractivity contribution in [2.45, 2.75) is 26.3 Å². The molecule has 106 valence electrons. The van der Waals surface area contributed by atoms with Crippen LogP contribution in [0.3, 0.4) is 0 Å². The normalized spacial score (nSPS) is 16.7. The number of benzene rings is 1. The van der Waals surface area contributed by atoms with E-state index in [4.69, 9.17) is 15.2 Å². The number of fused-ring (bicyclic) bond motifs is 1. The third-order valence-corrected chi connectivity index (χ3v) is 3.83. The van der Waals surface area contributed by atoms with Crippen molar-refractivity contribution in [3.63, 3.8) is 0 Å². The lowest BCUT2D eigenvalue weighted by Crippen LogP contribution is -2.33. The summed E-state index contributed by atoms with van der Waals surface area (Å²) in [5, 5.41) is 0. The molecule has 1 aliphatic heterocycles. The molecular weight excluding hydrogens is 240 g/mol. The lowest BCUT2D eigenvalue weighted by Gasteiger charge is -2.29. The first-order chi connectivity index (χ1) is 9.15. The molecule has 0 radical (unpaired) electrons. The molecule has 0 amide bonds. The van der Waals surface area contributed by atoms with E-state index in [-0.39, 0.29) is 6.04 Å². The lowest BCUT2D eigenvalue weighted by atomic mass is 10.0. The third-order valence-electron chi connectivity index (χ3n) is 3.83. The third kappa shape index (κ3) is 3.19. The Balaban J connectivity index is 2.12. The molecule has 0 spiro atoms. The maximum absolute atomic E-state index is 5.95. The van der Waals surface area contributed by atoms with Crippen molar-refractivity contribution in [2.24, 2.45) is 11.7 Å². The summed E-state index contributed by atoms with van der Waals surface area (Å²) in [7, 11) is 2.13. The molecule has 2 atom stereocenters. The Morgan fingerprint density at radius 1 is 1.32 bits per heavy atom. The Kier molecular flexibility index (Phi) is 4.66. The highest BCUT2D eigenvalue weighted by molar-refractivity contribution is 5.45. The van der Waals surface area contributed by atoms with Crippen LogP contribution in [0.4, 0.5) is 0 Å². The molecule has 2 unspecified atom stereocenters. The molecule has 0 aromatic heterocycles. The second-order valence-corrected chi connectivity index (χ2v) is 5.32. The van der Waals surface area contributed by atoms with Crippen molar-refractivity contribution < 1.29 is 9.47 Å². The zero-order valence-corrected chi connectivity index (χ0v) is 12.1.